The van der Waals surface area contributed by atoms with Crippen LogP contribution in [0.2, 0.25) is 0 Å². The van der Waals surface area contributed by atoms with Crippen molar-refractivity contribution < 1.29 is 9.59 Å². The van der Waals surface area contributed by atoms with E-state index in [-0.39, 0.29) is 11.8 Å². The fourth-order valence-electron chi connectivity index (χ4n) is 1.09. The van der Waals surface area contributed by atoms with Crippen molar-refractivity contribution in [3.63, 3.8) is 0 Å². The Kier molecular flexibility index (Phi) is 4.61. The predicted molar refractivity (Wildman–Crippen MR) is 58.8 cm³/mol. The summed E-state index contributed by atoms with van der Waals surface area (Å²) in [5.74, 6) is -0.203. The zero-order valence-corrected chi connectivity index (χ0v) is 11.2. The second kappa shape index (κ2) is 5.75. The first-order chi connectivity index (χ1) is 7.13. The van der Waals surface area contributed by atoms with E-state index in [4.69, 9.17) is 0 Å². The molecule has 1 rings (SSSR count). The number of amides is 2. The molecule has 0 saturated heterocycles. The molecule has 2 N–H and O–H groups in total. The van der Waals surface area contributed by atoms with Crippen molar-refractivity contribution in [2.24, 2.45) is 0 Å². The molecule has 4 nitrogen and oxygen atoms in total. The van der Waals surface area contributed by atoms with E-state index in [9.17, 15) is 9.59 Å². The van der Waals surface area contributed by atoms with Crippen LogP contribution in [0.3, 0.4) is 0 Å². The molecule has 0 unspecified atom stereocenters. The van der Waals surface area contributed by atoms with E-state index in [1.807, 2.05) is 0 Å². The van der Waals surface area contributed by atoms with E-state index in [1.54, 1.807) is 24.3 Å². The van der Waals surface area contributed by atoms with Crippen molar-refractivity contribution in [1.29, 1.82) is 0 Å². The number of carbonyl (C=O) groups is 2. The summed E-state index contributed by atoms with van der Waals surface area (Å²) in [4.78, 5) is 22.1. The monoisotopic (exact) mass is 311 g/mol. The van der Waals surface area contributed by atoms with E-state index in [0.29, 0.717) is 15.8 Å². The quantitative estimate of drug-likeness (QED) is 0.799. The summed E-state index contributed by atoms with van der Waals surface area (Å²) >= 11 is 1.27. The first kappa shape index (κ1) is 12.0. The minimum atomic E-state index is -0.121. The van der Waals surface area contributed by atoms with Crippen LogP contribution in [0.25, 0.3) is 0 Å². The second-order valence-electron chi connectivity index (χ2n) is 2.94. The molecule has 15 heavy (non-hydrogen) atoms. The van der Waals surface area contributed by atoms with Crippen molar-refractivity contribution in [1.82, 2.24) is 5.32 Å². The molecule has 0 spiro atoms. The van der Waals surface area contributed by atoms with Crippen LogP contribution >= 0.6 is 0 Å². The summed E-state index contributed by atoms with van der Waals surface area (Å²) in [6.45, 7) is 1.45. The molecule has 3 radical (unpaired) electrons. The fourth-order valence-corrected chi connectivity index (χ4v) is 1.55. The third-order valence-corrected chi connectivity index (χ3v) is 2.22. The van der Waals surface area contributed by atoms with Crippen molar-refractivity contribution in [3.05, 3.63) is 29.8 Å². The van der Waals surface area contributed by atoms with Gasteiger partial charge >= 0.3 is 102 Å². The van der Waals surface area contributed by atoms with Gasteiger partial charge in [-0.2, -0.15) is 0 Å². The van der Waals surface area contributed by atoms with Gasteiger partial charge in [0, 0.05) is 0 Å². The summed E-state index contributed by atoms with van der Waals surface area (Å²) in [7, 11) is 0. The minimum absolute atomic E-state index is 0.0822. The number of rotatable bonds is 3. The number of benzene rings is 1. The van der Waals surface area contributed by atoms with Crippen LogP contribution in [0.1, 0.15) is 17.3 Å². The van der Waals surface area contributed by atoms with E-state index < -0.39 is 0 Å². The Balaban J connectivity index is 2.71. The van der Waals surface area contributed by atoms with Crippen LogP contribution < -0.4 is 10.6 Å². The van der Waals surface area contributed by atoms with E-state index in [2.05, 4.69) is 10.6 Å². The summed E-state index contributed by atoms with van der Waals surface area (Å²) in [6, 6.07) is 6.79. The SMILES string of the molecule is CC(=O)Nc1ccc(C(=O)N[CH2][Sn])cc1. The number of nitrogens with one attached hydrogen (secondary N) is 2. The standard InChI is InChI=1S/C10H11N2O2.Sn/c1-7(13)12-9-5-3-8(4-6-9)10(14)11-2;/h3-6H,2H2,1H3,(H,11,14)(H,12,13);. The van der Waals surface area contributed by atoms with Crippen LogP contribution in [-0.4, -0.2) is 38.9 Å². The Bertz CT molecular complexity index is 362. The summed E-state index contributed by atoms with van der Waals surface area (Å²) in [5.41, 5.74) is 1.30. The number of carbonyl (C=O) groups excluding carboxylic acids is 2. The predicted octanol–water partition coefficient (Wildman–Crippen LogP) is 0.501. The molecule has 0 aromatic heterocycles. The van der Waals surface area contributed by atoms with Gasteiger partial charge in [0.25, 0.3) is 0 Å². The molecule has 0 bridgehead atoms. The normalized spacial score (nSPS) is 9.47. The van der Waals surface area contributed by atoms with Gasteiger partial charge in [-0.3, -0.25) is 0 Å². The third kappa shape index (κ3) is 3.91. The molecule has 1 aromatic rings. The fraction of sp³-hybridized carbons (Fsp3) is 0.200. The molecule has 2 amide bonds. The molecular weight excluding hydrogens is 299 g/mol. The molecule has 0 aliphatic carbocycles. The molecule has 0 fully saturated rings. The van der Waals surface area contributed by atoms with Gasteiger partial charge in [-0.25, -0.2) is 0 Å². The van der Waals surface area contributed by atoms with Gasteiger partial charge in [-0.05, 0) is 0 Å². The first-order valence-corrected chi connectivity index (χ1v) is 6.45. The second-order valence-corrected chi connectivity index (χ2v) is 3.95. The summed E-state index contributed by atoms with van der Waals surface area (Å²) in [5, 5.41) is 5.37. The van der Waals surface area contributed by atoms with Gasteiger partial charge in [0.05, 0.1) is 0 Å². The van der Waals surface area contributed by atoms with Crippen LogP contribution in [-0.2, 0) is 4.79 Å². The Morgan fingerprint density at radius 2 is 1.87 bits per heavy atom. The molecule has 5 heteroatoms. The van der Waals surface area contributed by atoms with E-state index >= 15 is 0 Å². The Labute approximate surface area is 102 Å². The van der Waals surface area contributed by atoms with Crippen LogP contribution in [0, 0.1) is 0 Å². The van der Waals surface area contributed by atoms with Crippen LogP contribution in [0.15, 0.2) is 24.3 Å². The van der Waals surface area contributed by atoms with Crippen molar-refractivity contribution in [3.8, 4) is 0 Å². The van der Waals surface area contributed by atoms with Gasteiger partial charge in [0.15, 0.2) is 0 Å². The van der Waals surface area contributed by atoms with Crippen molar-refractivity contribution in [2.75, 3.05) is 9.88 Å². The van der Waals surface area contributed by atoms with Gasteiger partial charge in [0.2, 0.25) is 0 Å². The number of hydrogen-bond acceptors (Lipinski definition) is 2. The zero-order valence-electron chi connectivity index (χ0n) is 8.33. The Morgan fingerprint density at radius 3 is 2.33 bits per heavy atom. The molecule has 0 aliphatic heterocycles. The zero-order chi connectivity index (χ0) is 11.3. The molecule has 0 atom stereocenters. The molecule has 77 valence electrons. The van der Waals surface area contributed by atoms with E-state index in [0.717, 1.165) is 0 Å². The maximum atomic E-state index is 11.4. The number of anilines is 1. The van der Waals surface area contributed by atoms with Crippen molar-refractivity contribution >= 4 is 40.0 Å². The molecule has 0 aliphatic rings. The summed E-state index contributed by atoms with van der Waals surface area (Å²) in [6.07, 6.45) is 0. The Hall–Kier alpha value is -1.04. The van der Waals surface area contributed by atoms with E-state index in [1.165, 1.54) is 29.4 Å². The van der Waals surface area contributed by atoms with Gasteiger partial charge in [-0.15, -0.1) is 0 Å². The maximum absolute atomic E-state index is 11.4. The third-order valence-electron chi connectivity index (χ3n) is 1.72. The van der Waals surface area contributed by atoms with Gasteiger partial charge in [0.1, 0.15) is 0 Å². The molecule has 0 saturated carbocycles. The molecule has 1 aromatic carbocycles. The van der Waals surface area contributed by atoms with Crippen molar-refractivity contribution in [2.45, 2.75) is 6.92 Å². The Morgan fingerprint density at radius 1 is 1.27 bits per heavy atom. The number of hydrogen-bond donors (Lipinski definition) is 2. The average Bonchev–Trinajstić information content (AvgIpc) is 2.18. The summed E-state index contributed by atoms with van der Waals surface area (Å²) < 4.78 is 0.693. The first-order valence-electron chi connectivity index (χ1n) is 4.44. The van der Waals surface area contributed by atoms with Gasteiger partial charge < -0.3 is 0 Å². The van der Waals surface area contributed by atoms with Gasteiger partial charge in [-0.1, -0.05) is 0 Å². The molecular formula is C10H11N2O2Sn. The van der Waals surface area contributed by atoms with Crippen LogP contribution in [0.4, 0.5) is 5.69 Å². The average molecular weight is 310 g/mol. The molecule has 0 heterocycles. The van der Waals surface area contributed by atoms with Crippen LogP contribution in [0.5, 0.6) is 0 Å². The topological polar surface area (TPSA) is 58.2 Å².